The number of carbonyl (C=O) groups excluding carboxylic acids is 1. The molecule has 0 saturated carbocycles. The second-order valence-electron chi connectivity index (χ2n) is 8.98. The van der Waals surface area contributed by atoms with Gasteiger partial charge in [-0.05, 0) is 74.6 Å². The monoisotopic (exact) mass is 452 g/mol. The Morgan fingerprint density at radius 1 is 1.06 bits per heavy atom. The van der Waals surface area contributed by atoms with Crippen LogP contribution in [-0.2, 0) is 31.9 Å². The van der Waals surface area contributed by atoms with Crippen molar-refractivity contribution < 1.29 is 23.6 Å². The first-order chi connectivity index (χ1) is 15.2. The SMILES string of the molecule is CCOC(=O)Cc1ccccc1OCc1cc(B2OC(C)(C)C(C)(C)O2)c2ccsc2c1. The molecule has 1 aromatic heterocycles. The van der Waals surface area contributed by atoms with E-state index in [-0.39, 0.29) is 12.4 Å². The molecule has 32 heavy (non-hydrogen) atoms. The van der Waals surface area contributed by atoms with Crippen LogP contribution in [0.25, 0.3) is 10.1 Å². The van der Waals surface area contributed by atoms with Gasteiger partial charge in [0.1, 0.15) is 12.4 Å². The summed E-state index contributed by atoms with van der Waals surface area (Å²) in [6, 6.07) is 13.9. The first-order valence-corrected chi connectivity index (χ1v) is 11.8. The molecule has 0 spiro atoms. The minimum atomic E-state index is -0.437. The molecular weight excluding hydrogens is 423 g/mol. The van der Waals surface area contributed by atoms with E-state index in [2.05, 4.69) is 51.3 Å². The maximum atomic E-state index is 11.9. The predicted molar refractivity (Wildman–Crippen MR) is 129 cm³/mol. The van der Waals surface area contributed by atoms with Crippen molar-refractivity contribution in [1.82, 2.24) is 0 Å². The Bertz CT molecular complexity index is 1100. The fraction of sp³-hybridized carbons (Fsp3) is 0.400. The van der Waals surface area contributed by atoms with Gasteiger partial charge in [-0.1, -0.05) is 24.3 Å². The maximum Gasteiger partial charge on any atom is 0.495 e. The van der Waals surface area contributed by atoms with Crippen molar-refractivity contribution in [3.8, 4) is 5.75 Å². The lowest BCUT2D eigenvalue weighted by Gasteiger charge is -2.32. The Morgan fingerprint density at radius 3 is 2.50 bits per heavy atom. The van der Waals surface area contributed by atoms with E-state index in [4.69, 9.17) is 18.8 Å². The summed E-state index contributed by atoms with van der Waals surface area (Å²) in [6.45, 7) is 10.8. The van der Waals surface area contributed by atoms with Crippen molar-refractivity contribution >= 4 is 40.0 Å². The molecule has 4 rings (SSSR count). The summed E-state index contributed by atoms with van der Waals surface area (Å²) in [5.74, 6) is 0.426. The van der Waals surface area contributed by atoms with Crippen LogP contribution in [0.5, 0.6) is 5.75 Å². The third-order valence-electron chi connectivity index (χ3n) is 6.18. The van der Waals surface area contributed by atoms with Crippen LogP contribution < -0.4 is 10.2 Å². The summed E-state index contributed by atoms with van der Waals surface area (Å²) in [5.41, 5.74) is 2.04. The number of rotatable bonds is 7. The largest absolute Gasteiger partial charge is 0.495 e. The minimum absolute atomic E-state index is 0.188. The maximum absolute atomic E-state index is 11.9. The number of fused-ring (bicyclic) bond motifs is 1. The zero-order valence-electron chi connectivity index (χ0n) is 19.3. The third kappa shape index (κ3) is 4.56. The molecule has 1 fully saturated rings. The van der Waals surface area contributed by atoms with Crippen LogP contribution in [0.1, 0.15) is 45.7 Å². The van der Waals surface area contributed by atoms with Crippen molar-refractivity contribution in [1.29, 1.82) is 0 Å². The van der Waals surface area contributed by atoms with E-state index in [1.54, 1.807) is 18.3 Å². The second-order valence-corrected chi connectivity index (χ2v) is 9.93. The number of carbonyl (C=O) groups is 1. The number of benzene rings is 2. The van der Waals surface area contributed by atoms with Gasteiger partial charge in [-0.25, -0.2) is 0 Å². The van der Waals surface area contributed by atoms with E-state index in [1.807, 2.05) is 24.3 Å². The van der Waals surface area contributed by atoms with Gasteiger partial charge >= 0.3 is 13.1 Å². The summed E-state index contributed by atoms with van der Waals surface area (Å²) < 4.78 is 25.0. The normalized spacial score (nSPS) is 17.0. The third-order valence-corrected chi connectivity index (χ3v) is 7.04. The quantitative estimate of drug-likeness (QED) is 0.378. The highest BCUT2D eigenvalue weighted by atomic mass is 32.1. The fourth-order valence-electron chi connectivity index (χ4n) is 3.73. The number of thiophene rings is 1. The fourth-order valence-corrected chi connectivity index (χ4v) is 4.61. The number of ether oxygens (including phenoxy) is 2. The molecule has 5 nitrogen and oxygen atoms in total. The van der Waals surface area contributed by atoms with Crippen LogP contribution >= 0.6 is 11.3 Å². The Balaban J connectivity index is 1.58. The van der Waals surface area contributed by atoms with Crippen LogP contribution in [0.2, 0.25) is 0 Å². The molecule has 2 heterocycles. The minimum Gasteiger partial charge on any atom is -0.489 e. The van der Waals surface area contributed by atoms with Crippen molar-refractivity contribution in [2.75, 3.05) is 6.61 Å². The first kappa shape index (κ1) is 22.8. The molecule has 2 aromatic carbocycles. The number of para-hydroxylation sites is 1. The van der Waals surface area contributed by atoms with Crippen LogP contribution in [0.3, 0.4) is 0 Å². The predicted octanol–water partition coefficient (Wildman–Crippen LogP) is 4.89. The molecule has 1 aliphatic heterocycles. The van der Waals surface area contributed by atoms with Gasteiger partial charge in [-0.3, -0.25) is 4.79 Å². The molecule has 0 atom stereocenters. The number of esters is 1. The molecule has 1 saturated heterocycles. The summed E-state index contributed by atoms with van der Waals surface area (Å²) in [7, 11) is -0.437. The molecular formula is C25H29BO5S. The van der Waals surface area contributed by atoms with Crippen LogP contribution in [0.15, 0.2) is 47.8 Å². The second kappa shape index (κ2) is 8.89. The van der Waals surface area contributed by atoms with Crippen molar-refractivity contribution in [3.63, 3.8) is 0 Å². The number of hydrogen-bond donors (Lipinski definition) is 0. The lowest BCUT2D eigenvalue weighted by molar-refractivity contribution is -0.142. The molecule has 1 aliphatic rings. The van der Waals surface area contributed by atoms with Crippen molar-refractivity contribution in [3.05, 3.63) is 59.0 Å². The molecule has 0 bridgehead atoms. The summed E-state index contributed by atoms with van der Waals surface area (Å²) in [4.78, 5) is 11.9. The molecule has 7 heteroatoms. The average molecular weight is 452 g/mol. The average Bonchev–Trinajstić information content (AvgIpc) is 3.28. The number of hydrogen-bond acceptors (Lipinski definition) is 6. The van der Waals surface area contributed by atoms with E-state index < -0.39 is 18.3 Å². The Kier molecular flexibility index (Phi) is 6.34. The van der Waals surface area contributed by atoms with Gasteiger partial charge in [-0.2, -0.15) is 0 Å². The first-order valence-electron chi connectivity index (χ1n) is 10.9. The Hall–Kier alpha value is -2.35. The molecule has 0 radical (unpaired) electrons. The van der Waals surface area contributed by atoms with Crippen molar-refractivity contribution in [2.45, 2.75) is 58.8 Å². The molecule has 0 unspecified atom stereocenters. The van der Waals surface area contributed by atoms with E-state index >= 15 is 0 Å². The van der Waals surface area contributed by atoms with E-state index in [0.29, 0.717) is 19.0 Å². The Labute approximate surface area is 193 Å². The van der Waals surface area contributed by atoms with Crippen LogP contribution in [0, 0.1) is 0 Å². The zero-order chi connectivity index (χ0) is 22.9. The molecule has 0 aliphatic carbocycles. The molecule has 3 aromatic rings. The van der Waals surface area contributed by atoms with Gasteiger partial charge in [0.2, 0.25) is 0 Å². The lowest BCUT2D eigenvalue weighted by atomic mass is 9.76. The highest BCUT2D eigenvalue weighted by Gasteiger charge is 2.52. The van der Waals surface area contributed by atoms with Gasteiger partial charge in [0.05, 0.1) is 24.2 Å². The van der Waals surface area contributed by atoms with Gasteiger partial charge < -0.3 is 18.8 Å². The molecule has 168 valence electrons. The standard InChI is InChI=1S/C25H29BO5S/c1-6-28-23(27)15-18-9-7-8-10-21(18)29-16-17-13-20(19-11-12-32-22(19)14-17)26-30-24(2,3)25(4,5)31-26/h7-14H,6,15-16H2,1-5H3. The summed E-state index contributed by atoms with van der Waals surface area (Å²) in [6.07, 6.45) is 0.188. The summed E-state index contributed by atoms with van der Waals surface area (Å²) in [5, 5.41) is 3.22. The van der Waals surface area contributed by atoms with Crippen LogP contribution in [0.4, 0.5) is 0 Å². The van der Waals surface area contributed by atoms with E-state index in [0.717, 1.165) is 26.7 Å². The zero-order valence-corrected chi connectivity index (χ0v) is 20.1. The van der Waals surface area contributed by atoms with Crippen molar-refractivity contribution in [2.24, 2.45) is 0 Å². The topological polar surface area (TPSA) is 54.0 Å². The highest BCUT2D eigenvalue weighted by molar-refractivity contribution is 7.17. The Morgan fingerprint density at radius 2 is 1.78 bits per heavy atom. The van der Waals surface area contributed by atoms with E-state index in [1.165, 1.54) is 0 Å². The van der Waals surface area contributed by atoms with Gasteiger partial charge in [-0.15, -0.1) is 11.3 Å². The van der Waals surface area contributed by atoms with Gasteiger partial charge in [0.15, 0.2) is 0 Å². The van der Waals surface area contributed by atoms with E-state index in [9.17, 15) is 4.79 Å². The van der Waals surface area contributed by atoms with Crippen LogP contribution in [-0.4, -0.2) is 30.9 Å². The summed E-state index contributed by atoms with van der Waals surface area (Å²) >= 11 is 1.69. The smallest absolute Gasteiger partial charge is 0.489 e. The lowest BCUT2D eigenvalue weighted by Crippen LogP contribution is -2.41. The molecule has 0 N–H and O–H groups in total. The highest BCUT2D eigenvalue weighted by Crippen LogP contribution is 2.37. The van der Waals surface area contributed by atoms with Gasteiger partial charge in [0.25, 0.3) is 0 Å². The molecule has 0 amide bonds. The van der Waals surface area contributed by atoms with Gasteiger partial charge in [0, 0.05) is 10.3 Å².